The molecule has 7 nitrogen and oxygen atoms in total. The molecule has 150 valence electrons. The van der Waals surface area contributed by atoms with E-state index in [0.717, 1.165) is 51.1 Å². The summed E-state index contributed by atoms with van der Waals surface area (Å²) in [5.74, 6) is -0.765. The summed E-state index contributed by atoms with van der Waals surface area (Å²) in [4.78, 5) is 15.3. The normalized spacial score (nSPS) is 23.1. The third kappa shape index (κ3) is 4.43. The Labute approximate surface area is 165 Å². The maximum absolute atomic E-state index is 11.0. The first kappa shape index (κ1) is 19.1. The summed E-state index contributed by atoms with van der Waals surface area (Å²) in [7, 11) is 0. The van der Waals surface area contributed by atoms with Gasteiger partial charge in [0, 0.05) is 32.0 Å². The second kappa shape index (κ2) is 8.03. The van der Waals surface area contributed by atoms with Gasteiger partial charge in [0.1, 0.15) is 0 Å². The van der Waals surface area contributed by atoms with Crippen LogP contribution in [-0.4, -0.2) is 74.6 Å². The molecule has 4 rings (SSSR count). The summed E-state index contributed by atoms with van der Waals surface area (Å²) in [6.07, 6.45) is 6.09. The lowest BCUT2D eigenvalue weighted by Gasteiger charge is -2.49. The van der Waals surface area contributed by atoms with Crippen LogP contribution in [0.5, 0.6) is 0 Å². The molecule has 2 aliphatic rings. The average molecular weight is 384 g/mol. The molecule has 1 unspecified atom stereocenters. The molecule has 28 heavy (non-hydrogen) atoms. The van der Waals surface area contributed by atoms with E-state index in [2.05, 4.69) is 22.1 Å². The zero-order valence-electron chi connectivity index (χ0n) is 16.1. The van der Waals surface area contributed by atoms with Gasteiger partial charge in [-0.2, -0.15) is 5.10 Å². The Hall–Kier alpha value is -2.22. The van der Waals surface area contributed by atoms with Gasteiger partial charge in [0.25, 0.3) is 0 Å². The topological polar surface area (TPSA) is 81.8 Å². The third-order valence-electron chi connectivity index (χ3n) is 6.06. The van der Waals surface area contributed by atoms with Crippen LogP contribution in [0, 0.1) is 5.41 Å². The lowest BCUT2D eigenvalue weighted by molar-refractivity contribution is -0.139. The van der Waals surface area contributed by atoms with Gasteiger partial charge in [-0.15, -0.1) is 0 Å². The van der Waals surface area contributed by atoms with Crippen molar-refractivity contribution >= 4 is 5.97 Å². The fourth-order valence-electron chi connectivity index (χ4n) is 4.80. The Bertz CT molecular complexity index is 800. The SMILES string of the molecule is O=C(O)CN1CCC2(CC1)CC(O)CN(Cc1cccc(-n3cccn3)c1)C2. The zero-order valence-corrected chi connectivity index (χ0v) is 16.1. The molecular formula is C21H28N4O3. The molecule has 2 aliphatic heterocycles. The van der Waals surface area contributed by atoms with Crippen LogP contribution in [0.4, 0.5) is 0 Å². The van der Waals surface area contributed by atoms with Crippen molar-refractivity contribution < 1.29 is 15.0 Å². The number of carboxylic acid groups (broad SMARTS) is 1. The number of aliphatic hydroxyl groups is 1. The van der Waals surface area contributed by atoms with Crippen LogP contribution in [-0.2, 0) is 11.3 Å². The first-order valence-electron chi connectivity index (χ1n) is 9.95. The highest BCUT2D eigenvalue weighted by atomic mass is 16.4. The number of hydrogen-bond donors (Lipinski definition) is 2. The molecule has 7 heteroatoms. The molecule has 0 saturated carbocycles. The van der Waals surface area contributed by atoms with Crippen LogP contribution >= 0.6 is 0 Å². The molecule has 3 heterocycles. The second-order valence-electron chi connectivity index (χ2n) is 8.32. The van der Waals surface area contributed by atoms with E-state index in [0.29, 0.717) is 6.54 Å². The predicted octanol–water partition coefficient (Wildman–Crippen LogP) is 1.61. The van der Waals surface area contributed by atoms with Crippen LogP contribution < -0.4 is 0 Å². The summed E-state index contributed by atoms with van der Waals surface area (Å²) in [6, 6.07) is 10.3. The molecule has 0 radical (unpaired) electrons. The summed E-state index contributed by atoms with van der Waals surface area (Å²) in [6.45, 7) is 4.14. The van der Waals surface area contributed by atoms with Crippen molar-refractivity contribution in [1.82, 2.24) is 19.6 Å². The summed E-state index contributed by atoms with van der Waals surface area (Å²) in [5, 5.41) is 23.8. The van der Waals surface area contributed by atoms with E-state index in [4.69, 9.17) is 5.11 Å². The number of carbonyl (C=O) groups is 1. The Morgan fingerprint density at radius 1 is 1.21 bits per heavy atom. The maximum Gasteiger partial charge on any atom is 0.317 e. The number of nitrogens with zero attached hydrogens (tertiary/aromatic N) is 4. The number of aliphatic hydroxyl groups excluding tert-OH is 1. The molecule has 1 spiro atoms. The number of aromatic nitrogens is 2. The number of piperidine rings is 2. The van der Waals surface area contributed by atoms with Crippen LogP contribution in [0.25, 0.3) is 5.69 Å². The highest BCUT2D eigenvalue weighted by Crippen LogP contribution is 2.40. The van der Waals surface area contributed by atoms with Crippen LogP contribution in [0.3, 0.4) is 0 Å². The van der Waals surface area contributed by atoms with E-state index < -0.39 is 5.97 Å². The van der Waals surface area contributed by atoms with E-state index in [-0.39, 0.29) is 18.1 Å². The van der Waals surface area contributed by atoms with Gasteiger partial charge in [0.2, 0.25) is 0 Å². The van der Waals surface area contributed by atoms with Crippen molar-refractivity contribution in [2.24, 2.45) is 5.41 Å². The fraction of sp³-hybridized carbons (Fsp3) is 0.524. The molecule has 1 aromatic carbocycles. The Balaban J connectivity index is 1.42. The lowest BCUT2D eigenvalue weighted by atomic mass is 9.71. The highest BCUT2D eigenvalue weighted by Gasteiger charge is 2.41. The van der Waals surface area contributed by atoms with Crippen LogP contribution in [0.2, 0.25) is 0 Å². The van der Waals surface area contributed by atoms with E-state index in [1.54, 1.807) is 6.20 Å². The van der Waals surface area contributed by atoms with Crippen molar-refractivity contribution in [2.75, 3.05) is 32.7 Å². The minimum Gasteiger partial charge on any atom is -0.480 e. The monoisotopic (exact) mass is 384 g/mol. The van der Waals surface area contributed by atoms with Gasteiger partial charge in [0.05, 0.1) is 18.3 Å². The van der Waals surface area contributed by atoms with Crippen molar-refractivity contribution in [3.05, 3.63) is 48.3 Å². The predicted molar refractivity (Wildman–Crippen MR) is 105 cm³/mol. The van der Waals surface area contributed by atoms with Gasteiger partial charge in [-0.3, -0.25) is 14.6 Å². The number of rotatable bonds is 5. The molecule has 2 fully saturated rings. The van der Waals surface area contributed by atoms with Crippen molar-refractivity contribution in [2.45, 2.75) is 31.9 Å². The van der Waals surface area contributed by atoms with E-state index in [9.17, 15) is 9.90 Å². The van der Waals surface area contributed by atoms with E-state index >= 15 is 0 Å². The summed E-state index contributed by atoms with van der Waals surface area (Å²) < 4.78 is 1.86. The van der Waals surface area contributed by atoms with Gasteiger partial charge in [-0.05, 0) is 61.5 Å². The Kier molecular flexibility index (Phi) is 5.48. The molecule has 2 N–H and O–H groups in total. The molecule has 0 amide bonds. The van der Waals surface area contributed by atoms with Gasteiger partial charge in [0.15, 0.2) is 0 Å². The maximum atomic E-state index is 11.0. The number of β-amino-alcohol motifs (C(OH)–C–C–N with tert-alkyl or cyclic N) is 1. The molecule has 0 bridgehead atoms. The fourth-order valence-corrected chi connectivity index (χ4v) is 4.80. The summed E-state index contributed by atoms with van der Waals surface area (Å²) >= 11 is 0. The standard InChI is InChI=1S/C21H28N4O3/c26-19-12-21(5-9-23(10-6-21)15-20(27)28)16-24(14-19)13-17-3-1-4-18(11-17)25-8-2-7-22-25/h1-4,7-8,11,19,26H,5-6,9-10,12-16H2,(H,27,28). The summed E-state index contributed by atoms with van der Waals surface area (Å²) in [5.41, 5.74) is 2.34. The average Bonchev–Trinajstić information content (AvgIpc) is 3.18. The number of likely N-dealkylation sites (tertiary alicyclic amines) is 2. The van der Waals surface area contributed by atoms with E-state index in [1.807, 2.05) is 34.0 Å². The van der Waals surface area contributed by atoms with Gasteiger partial charge >= 0.3 is 5.97 Å². The number of carboxylic acids is 1. The smallest absolute Gasteiger partial charge is 0.317 e. The van der Waals surface area contributed by atoms with Gasteiger partial charge < -0.3 is 10.2 Å². The Morgan fingerprint density at radius 2 is 2.04 bits per heavy atom. The first-order chi connectivity index (χ1) is 13.5. The van der Waals surface area contributed by atoms with Crippen molar-refractivity contribution in [3.63, 3.8) is 0 Å². The minimum atomic E-state index is -0.765. The number of aliphatic carboxylic acids is 1. The molecule has 0 aliphatic carbocycles. The Morgan fingerprint density at radius 3 is 2.75 bits per heavy atom. The zero-order chi connectivity index (χ0) is 19.6. The quantitative estimate of drug-likeness (QED) is 0.815. The van der Waals surface area contributed by atoms with Crippen molar-refractivity contribution in [3.8, 4) is 5.69 Å². The number of benzene rings is 1. The van der Waals surface area contributed by atoms with Gasteiger partial charge in [-0.25, -0.2) is 4.68 Å². The molecule has 2 saturated heterocycles. The van der Waals surface area contributed by atoms with Gasteiger partial charge in [-0.1, -0.05) is 12.1 Å². The third-order valence-corrected chi connectivity index (χ3v) is 6.06. The van der Waals surface area contributed by atoms with Crippen LogP contribution in [0.1, 0.15) is 24.8 Å². The van der Waals surface area contributed by atoms with E-state index in [1.165, 1.54) is 5.56 Å². The molecule has 1 atom stereocenters. The minimum absolute atomic E-state index is 0.0895. The number of hydrogen-bond acceptors (Lipinski definition) is 5. The van der Waals surface area contributed by atoms with Crippen LogP contribution in [0.15, 0.2) is 42.7 Å². The highest BCUT2D eigenvalue weighted by molar-refractivity contribution is 5.69. The molecular weight excluding hydrogens is 356 g/mol. The first-order valence-corrected chi connectivity index (χ1v) is 9.95. The molecule has 1 aromatic heterocycles. The van der Waals surface area contributed by atoms with Crippen molar-refractivity contribution in [1.29, 1.82) is 0 Å². The molecule has 2 aromatic rings. The lowest BCUT2D eigenvalue weighted by Crippen LogP contribution is -2.53. The second-order valence-corrected chi connectivity index (χ2v) is 8.32. The largest absolute Gasteiger partial charge is 0.480 e.